The van der Waals surface area contributed by atoms with E-state index in [1.165, 1.54) is 13.2 Å². The summed E-state index contributed by atoms with van der Waals surface area (Å²) in [6, 6.07) is 10.1. The van der Waals surface area contributed by atoms with Crippen molar-refractivity contribution in [1.29, 1.82) is 0 Å². The van der Waals surface area contributed by atoms with Crippen molar-refractivity contribution >= 4 is 52.5 Å². The van der Waals surface area contributed by atoms with Crippen LogP contribution >= 0.6 is 34.8 Å². The third-order valence-corrected chi connectivity index (χ3v) is 3.52. The molecular formula is C16H12Cl3NO2. The standard InChI is InChI=1S/C16H12Cl3NO2/c1-22-16-10(8-12(18)9-14(16)19)2-7-15(21)20-13-5-3-11(17)4-6-13/h2-9H,1H3,(H,20,21). The van der Waals surface area contributed by atoms with Gasteiger partial charge in [-0.2, -0.15) is 0 Å². The molecule has 0 atom stereocenters. The fourth-order valence-corrected chi connectivity index (χ4v) is 2.51. The van der Waals surface area contributed by atoms with Gasteiger partial charge < -0.3 is 10.1 Å². The summed E-state index contributed by atoms with van der Waals surface area (Å²) in [5.41, 5.74) is 1.27. The number of nitrogens with one attached hydrogen (secondary N) is 1. The fraction of sp³-hybridized carbons (Fsp3) is 0.0625. The summed E-state index contributed by atoms with van der Waals surface area (Å²) in [4.78, 5) is 11.9. The second kappa shape index (κ2) is 7.54. The van der Waals surface area contributed by atoms with E-state index in [0.717, 1.165) is 0 Å². The summed E-state index contributed by atoms with van der Waals surface area (Å²) in [5, 5.41) is 4.16. The minimum absolute atomic E-state index is 0.291. The summed E-state index contributed by atoms with van der Waals surface area (Å²) in [6.07, 6.45) is 2.96. The Morgan fingerprint density at radius 3 is 2.41 bits per heavy atom. The lowest BCUT2D eigenvalue weighted by Crippen LogP contribution is -2.07. The summed E-state index contributed by atoms with van der Waals surface area (Å²) in [7, 11) is 1.50. The number of anilines is 1. The monoisotopic (exact) mass is 355 g/mol. The van der Waals surface area contributed by atoms with Crippen LogP contribution in [0.2, 0.25) is 15.1 Å². The molecule has 0 unspecified atom stereocenters. The summed E-state index contributed by atoms with van der Waals surface area (Å²) in [6.45, 7) is 0. The van der Waals surface area contributed by atoms with Crippen LogP contribution in [0.1, 0.15) is 5.56 Å². The SMILES string of the molecule is COc1c(Cl)cc(Cl)cc1C=CC(=O)Nc1ccc(Cl)cc1. The number of methoxy groups -OCH3 is 1. The molecule has 1 N–H and O–H groups in total. The van der Waals surface area contributed by atoms with Crippen LogP contribution in [0.25, 0.3) is 6.08 Å². The van der Waals surface area contributed by atoms with Gasteiger partial charge in [-0.1, -0.05) is 34.8 Å². The number of rotatable bonds is 4. The Balaban J connectivity index is 2.14. The highest BCUT2D eigenvalue weighted by Crippen LogP contribution is 2.32. The zero-order valence-corrected chi connectivity index (χ0v) is 13.8. The van der Waals surface area contributed by atoms with E-state index >= 15 is 0 Å². The molecule has 1 amide bonds. The minimum Gasteiger partial charge on any atom is -0.495 e. The molecule has 0 saturated carbocycles. The van der Waals surface area contributed by atoms with Crippen molar-refractivity contribution in [2.45, 2.75) is 0 Å². The van der Waals surface area contributed by atoms with Gasteiger partial charge in [-0.15, -0.1) is 0 Å². The van der Waals surface area contributed by atoms with E-state index in [1.807, 2.05) is 0 Å². The molecule has 0 spiro atoms. The van der Waals surface area contributed by atoms with Gasteiger partial charge in [-0.3, -0.25) is 4.79 Å². The maximum absolute atomic E-state index is 11.9. The number of halogens is 3. The third-order valence-electron chi connectivity index (χ3n) is 2.77. The largest absolute Gasteiger partial charge is 0.495 e. The normalized spacial score (nSPS) is 10.7. The minimum atomic E-state index is -0.291. The predicted molar refractivity (Wildman–Crippen MR) is 92.1 cm³/mol. The molecule has 0 heterocycles. The van der Waals surface area contributed by atoms with Gasteiger partial charge >= 0.3 is 0 Å². The predicted octanol–water partition coefficient (Wildman–Crippen LogP) is 5.31. The quantitative estimate of drug-likeness (QED) is 0.754. The van der Waals surface area contributed by atoms with Gasteiger partial charge in [0.05, 0.1) is 12.1 Å². The first-order valence-electron chi connectivity index (χ1n) is 6.27. The molecule has 0 aliphatic heterocycles. The van der Waals surface area contributed by atoms with Gasteiger partial charge in [-0.05, 0) is 42.5 Å². The fourth-order valence-electron chi connectivity index (χ4n) is 1.80. The van der Waals surface area contributed by atoms with Crippen molar-refractivity contribution in [3.8, 4) is 5.75 Å². The van der Waals surface area contributed by atoms with Crippen LogP contribution in [0.4, 0.5) is 5.69 Å². The van der Waals surface area contributed by atoms with Crippen LogP contribution in [-0.2, 0) is 4.79 Å². The van der Waals surface area contributed by atoms with Gasteiger partial charge in [0.25, 0.3) is 0 Å². The maximum atomic E-state index is 11.9. The highest BCUT2D eigenvalue weighted by molar-refractivity contribution is 6.36. The Hall–Kier alpha value is -1.68. The Morgan fingerprint density at radius 2 is 1.77 bits per heavy atom. The third kappa shape index (κ3) is 4.41. The van der Waals surface area contributed by atoms with Crippen LogP contribution in [0, 0.1) is 0 Å². The van der Waals surface area contributed by atoms with Gasteiger partial charge in [0.1, 0.15) is 5.75 Å². The van der Waals surface area contributed by atoms with Gasteiger partial charge in [0.15, 0.2) is 0 Å². The number of carbonyl (C=O) groups excluding carboxylic acids is 1. The molecule has 0 bridgehead atoms. The summed E-state index contributed by atoms with van der Waals surface area (Å²) in [5.74, 6) is 0.169. The topological polar surface area (TPSA) is 38.3 Å². The Morgan fingerprint density at radius 1 is 1.09 bits per heavy atom. The molecule has 2 aromatic carbocycles. The molecule has 114 valence electrons. The smallest absolute Gasteiger partial charge is 0.248 e. The first-order chi connectivity index (χ1) is 10.5. The molecule has 0 fully saturated rings. The van der Waals surface area contributed by atoms with E-state index in [-0.39, 0.29) is 5.91 Å². The van der Waals surface area contributed by atoms with Crippen LogP contribution in [-0.4, -0.2) is 13.0 Å². The summed E-state index contributed by atoms with van der Waals surface area (Å²) < 4.78 is 5.21. The maximum Gasteiger partial charge on any atom is 0.248 e. The van der Waals surface area contributed by atoms with Crippen LogP contribution < -0.4 is 10.1 Å². The zero-order valence-electron chi connectivity index (χ0n) is 11.6. The summed E-state index contributed by atoms with van der Waals surface area (Å²) >= 11 is 17.8. The van der Waals surface area contributed by atoms with Crippen LogP contribution in [0.3, 0.4) is 0 Å². The van der Waals surface area contributed by atoms with E-state index in [1.54, 1.807) is 42.5 Å². The Labute approximate surface area is 143 Å². The zero-order chi connectivity index (χ0) is 16.1. The first kappa shape index (κ1) is 16.7. The number of hydrogen-bond acceptors (Lipinski definition) is 2. The lowest BCUT2D eigenvalue weighted by Gasteiger charge is -2.08. The molecule has 0 aliphatic rings. The molecule has 3 nitrogen and oxygen atoms in total. The van der Waals surface area contributed by atoms with Crippen molar-refractivity contribution in [2.75, 3.05) is 12.4 Å². The van der Waals surface area contributed by atoms with Gasteiger partial charge in [-0.25, -0.2) is 0 Å². The van der Waals surface area contributed by atoms with Crippen molar-refractivity contribution in [3.05, 3.63) is 63.1 Å². The van der Waals surface area contributed by atoms with Crippen molar-refractivity contribution in [1.82, 2.24) is 0 Å². The van der Waals surface area contributed by atoms with Gasteiger partial charge in [0, 0.05) is 27.4 Å². The van der Waals surface area contributed by atoms with Crippen LogP contribution in [0.15, 0.2) is 42.5 Å². The first-order valence-corrected chi connectivity index (χ1v) is 7.40. The molecule has 2 aromatic rings. The molecule has 0 aromatic heterocycles. The van der Waals surface area contributed by atoms with Crippen LogP contribution in [0.5, 0.6) is 5.75 Å². The molecule has 0 radical (unpaired) electrons. The number of amides is 1. The average Bonchev–Trinajstić information content (AvgIpc) is 2.47. The van der Waals surface area contributed by atoms with E-state index in [2.05, 4.69) is 5.32 Å². The number of ether oxygens (including phenoxy) is 1. The number of hydrogen-bond donors (Lipinski definition) is 1. The second-order valence-electron chi connectivity index (χ2n) is 4.34. The van der Waals surface area contributed by atoms with Crippen molar-refractivity contribution < 1.29 is 9.53 Å². The molecule has 22 heavy (non-hydrogen) atoms. The molecule has 6 heteroatoms. The lowest BCUT2D eigenvalue weighted by atomic mass is 10.2. The molecule has 2 rings (SSSR count). The van der Waals surface area contributed by atoms with Crippen molar-refractivity contribution in [2.24, 2.45) is 0 Å². The lowest BCUT2D eigenvalue weighted by molar-refractivity contribution is -0.111. The van der Waals surface area contributed by atoms with E-state index in [0.29, 0.717) is 32.1 Å². The molecule has 0 saturated heterocycles. The molecular weight excluding hydrogens is 345 g/mol. The van der Waals surface area contributed by atoms with E-state index in [4.69, 9.17) is 39.5 Å². The Kier molecular flexibility index (Phi) is 5.72. The Bertz CT molecular complexity index is 712. The number of carbonyl (C=O) groups is 1. The average molecular weight is 357 g/mol. The number of benzene rings is 2. The van der Waals surface area contributed by atoms with E-state index < -0.39 is 0 Å². The van der Waals surface area contributed by atoms with E-state index in [9.17, 15) is 4.79 Å². The highest BCUT2D eigenvalue weighted by Gasteiger charge is 2.08. The second-order valence-corrected chi connectivity index (χ2v) is 5.62. The molecule has 0 aliphatic carbocycles. The van der Waals surface area contributed by atoms with Crippen molar-refractivity contribution in [3.63, 3.8) is 0 Å². The highest BCUT2D eigenvalue weighted by atomic mass is 35.5. The van der Waals surface area contributed by atoms with Gasteiger partial charge in [0.2, 0.25) is 5.91 Å².